The third kappa shape index (κ3) is 2.40. The molecule has 0 amide bonds. The van der Waals surface area contributed by atoms with Crippen LogP contribution in [0.4, 0.5) is 0 Å². The Hall–Kier alpha value is -0.300. The van der Waals surface area contributed by atoms with Gasteiger partial charge in [0.25, 0.3) is 0 Å². The highest BCUT2D eigenvalue weighted by molar-refractivity contribution is 5.22. The quantitative estimate of drug-likeness (QED) is 0.698. The number of nitrogens with two attached hydrogens (primary N) is 1. The summed E-state index contributed by atoms with van der Waals surface area (Å²) in [7, 11) is 0. The van der Waals surface area contributed by atoms with Crippen molar-refractivity contribution >= 4 is 0 Å². The van der Waals surface area contributed by atoms with Gasteiger partial charge in [0.1, 0.15) is 0 Å². The van der Waals surface area contributed by atoms with Gasteiger partial charge in [-0.3, -0.25) is 0 Å². The molecule has 0 bridgehead atoms. The second-order valence-electron chi connectivity index (χ2n) is 9.09. The van der Waals surface area contributed by atoms with Crippen molar-refractivity contribution < 1.29 is 0 Å². The maximum Gasteiger partial charge on any atom is -0.00203 e. The van der Waals surface area contributed by atoms with E-state index in [1.807, 2.05) is 5.57 Å². The van der Waals surface area contributed by atoms with Gasteiger partial charge in [0.05, 0.1) is 0 Å². The zero-order valence-electron chi connectivity index (χ0n) is 14.6. The average Bonchev–Trinajstić information content (AvgIpc) is 2.46. The van der Waals surface area contributed by atoms with E-state index in [1.54, 1.807) is 0 Å². The van der Waals surface area contributed by atoms with Crippen molar-refractivity contribution in [2.24, 2.45) is 40.2 Å². The van der Waals surface area contributed by atoms with E-state index in [2.05, 4.69) is 33.8 Å². The number of fused-ring (bicyclic) bond motifs is 3. The Morgan fingerprint density at radius 2 is 1.95 bits per heavy atom. The Morgan fingerprint density at radius 3 is 2.62 bits per heavy atom. The smallest absolute Gasteiger partial charge is 0.00203 e. The van der Waals surface area contributed by atoms with Crippen LogP contribution in [-0.2, 0) is 0 Å². The number of hydrogen-bond donors (Lipinski definition) is 1. The summed E-state index contributed by atoms with van der Waals surface area (Å²) in [6.45, 7) is 10.7. The first-order valence-electron chi connectivity index (χ1n) is 9.31. The Balaban J connectivity index is 1.91. The lowest BCUT2D eigenvalue weighted by molar-refractivity contribution is -0.0626. The molecule has 1 heteroatoms. The van der Waals surface area contributed by atoms with E-state index in [4.69, 9.17) is 5.73 Å². The van der Waals surface area contributed by atoms with Gasteiger partial charge in [0, 0.05) is 0 Å². The third-order valence-corrected chi connectivity index (χ3v) is 7.61. The maximum absolute atomic E-state index is 6.22. The van der Waals surface area contributed by atoms with E-state index < -0.39 is 0 Å². The highest BCUT2D eigenvalue weighted by atomic mass is 14.7. The summed E-state index contributed by atoms with van der Waals surface area (Å²) in [5.74, 6) is 3.35. The monoisotopic (exact) mass is 289 g/mol. The lowest BCUT2D eigenvalue weighted by Gasteiger charge is -2.60. The number of allylic oxidation sites excluding steroid dienone is 2. The van der Waals surface area contributed by atoms with Crippen LogP contribution in [0.2, 0.25) is 0 Å². The highest BCUT2D eigenvalue weighted by Gasteiger charge is 2.54. The predicted octanol–water partition coefficient (Wildman–Crippen LogP) is 5.16. The van der Waals surface area contributed by atoms with Gasteiger partial charge >= 0.3 is 0 Å². The Morgan fingerprint density at radius 1 is 1.19 bits per heavy atom. The van der Waals surface area contributed by atoms with E-state index >= 15 is 0 Å². The van der Waals surface area contributed by atoms with Crippen LogP contribution in [-0.4, -0.2) is 6.54 Å². The molecular formula is C20H35N. The van der Waals surface area contributed by atoms with Gasteiger partial charge in [-0.05, 0) is 79.6 Å². The SMILES string of the molecule is CC(C)[C@H]1C=C2CC[C@H]3[C@](C)(CN)CCC[C@]3(C)[C@@H]2CC1. The van der Waals surface area contributed by atoms with Gasteiger partial charge in [-0.1, -0.05) is 45.8 Å². The molecule has 2 N–H and O–H groups in total. The lowest BCUT2D eigenvalue weighted by atomic mass is 9.45. The van der Waals surface area contributed by atoms with Gasteiger partial charge in [-0.2, -0.15) is 0 Å². The molecule has 3 aliphatic rings. The topological polar surface area (TPSA) is 26.0 Å². The molecule has 0 unspecified atom stereocenters. The van der Waals surface area contributed by atoms with Crippen LogP contribution in [0.5, 0.6) is 0 Å². The minimum Gasteiger partial charge on any atom is -0.330 e. The molecule has 0 radical (unpaired) electrons. The molecule has 0 aromatic heterocycles. The molecule has 3 aliphatic carbocycles. The summed E-state index contributed by atoms with van der Waals surface area (Å²) in [6.07, 6.45) is 12.4. The number of hydrogen-bond acceptors (Lipinski definition) is 1. The largest absolute Gasteiger partial charge is 0.330 e. The normalized spacial score (nSPS) is 46.8. The summed E-state index contributed by atoms with van der Waals surface area (Å²) in [4.78, 5) is 0. The number of rotatable bonds is 2. The molecule has 3 rings (SSSR count). The Kier molecular flexibility index (Phi) is 4.01. The van der Waals surface area contributed by atoms with Gasteiger partial charge in [0.15, 0.2) is 0 Å². The predicted molar refractivity (Wildman–Crippen MR) is 91.0 cm³/mol. The molecule has 1 nitrogen and oxygen atoms in total. The zero-order chi connectivity index (χ0) is 15.3. The van der Waals surface area contributed by atoms with E-state index in [0.29, 0.717) is 10.8 Å². The van der Waals surface area contributed by atoms with Gasteiger partial charge < -0.3 is 5.73 Å². The first-order chi connectivity index (χ1) is 9.90. The summed E-state index contributed by atoms with van der Waals surface area (Å²) in [6, 6.07) is 0. The van der Waals surface area contributed by atoms with Crippen molar-refractivity contribution in [2.45, 2.75) is 72.6 Å². The molecule has 0 saturated heterocycles. The lowest BCUT2D eigenvalue weighted by Crippen LogP contribution is -2.53. The summed E-state index contributed by atoms with van der Waals surface area (Å²) >= 11 is 0. The summed E-state index contributed by atoms with van der Waals surface area (Å²) in [5.41, 5.74) is 8.96. The standard InChI is InChI=1S/C20H35N/c1-14(2)15-6-8-17-16(12-15)7-9-18-19(3,13-21)10-5-11-20(17,18)4/h12,14-15,17-18H,5-11,13,21H2,1-4H3/t15-,17-,18+,19+,20-/m1/s1. The molecule has 0 aliphatic heterocycles. The van der Waals surface area contributed by atoms with Crippen molar-refractivity contribution in [1.82, 2.24) is 0 Å². The molecule has 0 aromatic carbocycles. The summed E-state index contributed by atoms with van der Waals surface area (Å²) < 4.78 is 0. The van der Waals surface area contributed by atoms with E-state index in [0.717, 1.165) is 30.2 Å². The Bertz CT molecular complexity index is 424. The summed E-state index contributed by atoms with van der Waals surface area (Å²) in [5, 5.41) is 0. The molecule has 120 valence electrons. The maximum atomic E-state index is 6.22. The van der Waals surface area contributed by atoms with Crippen LogP contribution in [0.1, 0.15) is 72.6 Å². The van der Waals surface area contributed by atoms with Crippen LogP contribution in [0.25, 0.3) is 0 Å². The van der Waals surface area contributed by atoms with E-state index in [9.17, 15) is 0 Å². The minimum atomic E-state index is 0.396. The first kappa shape index (κ1) is 15.6. The first-order valence-corrected chi connectivity index (χ1v) is 9.31. The van der Waals surface area contributed by atoms with Gasteiger partial charge in [-0.15, -0.1) is 0 Å². The fourth-order valence-corrected chi connectivity index (χ4v) is 6.22. The van der Waals surface area contributed by atoms with Crippen molar-refractivity contribution in [3.05, 3.63) is 11.6 Å². The zero-order valence-corrected chi connectivity index (χ0v) is 14.6. The van der Waals surface area contributed by atoms with Crippen molar-refractivity contribution in [1.29, 1.82) is 0 Å². The second kappa shape index (κ2) is 5.41. The van der Waals surface area contributed by atoms with Crippen LogP contribution < -0.4 is 5.73 Å². The minimum absolute atomic E-state index is 0.396. The molecule has 0 aromatic rings. The molecule has 0 heterocycles. The Labute approximate surface area is 131 Å². The van der Waals surface area contributed by atoms with Crippen LogP contribution >= 0.6 is 0 Å². The van der Waals surface area contributed by atoms with Crippen LogP contribution in [0.15, 0.2) is 11.6 Å². The fraction of sp³-hybridized carbons (Fsp3) is 0.900. The highest BCUT2D eigenvalue weighted by Crippen LogP contribution is 2.63. The molecule has 2 saturated carbocycles. The van der Waals surface area contributed by atoms with Crippen molar-refractivity contribution in [3.8, 4) is 0 Å². The van der Waals surface area contributed by atoms with Crippen LogP contribution in [0.3, 0.4) is 0 Å². The van der Waals surface area contributed by atoms with Gasteiger partial charge in [0.2, 0.25) is 0 Å². The van der Waals surface area contributed by atoms with E-state index in [1.165, 1.54) is 44.9 Å². The van der Waals surface area contributed by atoms with Crippen molar-refractivity contribution in [2.75, 3.05) is 6.54 Å². The molecule has 2 fully saturated rings. The molecule has 21 heavy (non-hydrogen) atoms. The second-order valence-corrected chi connectivity index (χ2v) is 9.09. The van der Waals surface area contributed by atoms with E-state index in [-0.39, 0.29) is 0 Å². The van der Waals surface area contributed by atoms with Gasteiger partial charge in [-0.25, -0.2) is 0 Å². The van der Waals surface area contributed by atoms with Crippen molar-refractivity contribution in [3.63, 3.8) is 0 Å². The fourth-order valence-electron chi connectivity index (χ4n) is 6.22. The van der Waals surface area contributed by atoms with Crippen LogP contribution in [0, 0.1) is 34.5 Å². The third-order valence-electron chi connectivity index (χ3n) is 7.61. The average molecular weight is 290 g/mol. The molecular weight excluding hydrogens is 254 g/mol. The molecule has 5 atom stereocenters. The molecule has 0 spiro atoms.